The van der Waals surface area contributed by atoms with Crippen molar-refractivity contribution in [2.24, 2.45) is 13.0 Å². The monoisotopic (exact) mass is 805 g/mol. The Hall–Kier alpha value is -4.81. The zero-order valence-corrected chi connectivity index (χ0v) is 32.5. The molecule has 2 aromatic carbocycles. The van der Waals surface area contributed by atoms with Crippen LogP contribution in [0.1, 0.15) is 44.1 Å². The Bertz CT molecular complexity index is 2160. The molecule has 2 bridgehead atoms. The molecule has 2 aromatic heterocycles. The lowest BCUT2D eigenvalue weighted by Gasteiger charge is -2.58. The van der Waals surface area contributed by atoms with Crippen LogP contribution in [0.3, 0.4) is 0 Å². The Morgan fingerprint density at radius 3 is 2.32 bits per heavy atom. The topological polar surface area (TPSA) is 135 Å². The number of halogens is 3. The van der Waals surface area contributed by atoms with E-state index in [4.69, 9.17) is 0 Å². The number of piperidine rings is 3. The fraction of sp³-hybridized carbons (Fsp3) is 0.513. The number of fused-ring (bicyclic) bond motifs is 3. The summed E-state index contributed by atoms with van der Waals surface area (Å²) in [4.78, 5) is 41.8. The van der Waals surface area contributed by atoms with Gasteiger partial charge in [-0.05, 0) is 74.4 Å². The average Bonchev–Trinajstić information content (AvgIpc) is 3.55. The van der Waals surface area contributed by atoms with Crippen molar-refractivity contribution in [2.75, 3.05) is 72.4 Å². The molecule has 3 unspecified atom stereocenters. The van der Waals surface area contributed by atoms with E-state index in [1.165, 1.54) is 6.42 Å². The molecule has 18 heteroatoms. The summed E-state index contributed by atoms with van der Waals surface area (Å²) in [5, 5.41) is 11.1. The average molecular weight is 806 g/mol. The number of hydrogen-bond acceptors (Lipinski definition) is 10. The van der Waals surface area contributed by atoms with E-state index in [2.05, 4.69) is 64.7 Å². The zero-order valence-electron chi connectivity index (χ0n) is 31.7. The van der Waals surface area contributed by atoms with E-state index in [1.807, 2.05) is 34.2 Å². The number of nitrogens with one attached hydrogen (secondary N) is 2. The number of anilines is 4. The van der Waals surface area contributed by atoms with Crippen molar-refractivity contribution in [3.63, 3.8) is 0 Å². The minimum atomic E-state index is -4.48. The third kappa shape index (κ3) is 7.66. The second-order valence-electron chi connectivity index (χ2n) is 15.9. The number of alkyl halides is 3. The first-order valence-electron chi connectivity index (χ1n) is 19.7. The number of carbonyl (C=O) groups is 2. The van der Waals surface area contributed by atoms with Crippen molar-refractivity contribution in [1.82, 2.24) is 34.3 Å². The summed E-state index contributed by atoms with van der Waals surface area (Å²) in [6.45, 7) is 6.48. The number of benzene rings is 2. The van der Waals surface area contributed by atoms with Gasteiger partial charge in [-0.2, -0.15) is 18.3 Å². The van der Waals surface area contributed by atoms with Gasteiger partial charge in [-0.1, -0.05) is 6.07 Å². The van der Waals surface area contributed by atoms with Crippen molar-refractivity contribution in [3.8, 4) is 0 Å². The van der Waals surface area contributed by atoms with Gasteiger partial charge in [0.15, 0.2) is 5.82 Å². The van der Waals surface area contributed by atoms with Gasteiger partial charge >= 0.3 is 12.2 Å². The number of hydrogen-bond donors (Lipinski definition) is 2. The van der Waals surface area contributed by atoms with Crippen LogP contribution in [0.25, 0.3) is 10.9 Å². The lowest BCUT2D eigenvalue weighted by atomic mass is 9.84. The van der Waals surface area contributed by atoms with Gasteiger partial charge in [0.1, 0.15) is 11.0 Å². The number of carbonyl (C=O) groups excluding carboxylic acids is 2. The second-order valence-corrected chi connectivity index (χ2v) is 17.4. The molecule has 0 saturated carbocycles. The summed E-state index contributed by atoms with van der Waals surface area (Å²) in [6.07, 6.45) is 2.15. The molecule has 57 heavy (non-hydrogen) atoms. The maximum Gasteiger partial charge on any atom is 0.419 e. The van der Waals surface area contributed by atoms with Crippen LogP contribution in [-0.2, 0) is 29.0 Å². The highest BCUT2D eigenvalue weighted by atomic mass is 32.2. The molecule has 302 valence electrons. The number of nitrogens with zero attached hydrogens (tertiary/aromatic N) is 9. The van der Waals surface area contributed by atoms with Gasteiger partial charge in [0.2, 0.25) is 11.9 Å². The molecule has 4 aromatic rings. The first-order chi connectivity index (χ1) is 27.5. The highest BCUT2D eigenvalue weighted by Gasteiger charge is 2.45. The maximum atomic E-state index is 13.6. The van der Waals surface area contributed by atoms with Crippen molar-refractivity contribution >= 4 is 57.0 Å². The summed E-state index contributed by atoms with van der Waals surface area (Å²) < 4.78 is 56.0. The predicted molar refractivity (Wildman–Crippen MR) is 210 cm³/mol. The Kier molecular flexibility index (Phi) is 10.0. The number of imide groups is 1. The molecule has 0 spiro atoms. The number of amides is 3. The minimum Gasteiger partial charge on any atom is -0.371 e. The third-order valence-corrected chi connectivity index (χ3v) is 13.8. The van der Waals surface area contributed by atoms with E-state index in [0.29, 0.717) is 56.3 Å². The van der Waals surface area contributed by atoms with Crippen LogP contribution in [-0.4, -0.2) is 116 Å². The van der Waals surface area contributed by atoms with E-state index in [1.54, 1.807) is 4.90 Å². The van der Waals surface area contributed by atoms with Gasteiger partial charge < -0.3 is 15.1 Å². The molecule has 8 heterocycles. The van der Waals surface area contributed by atoms with E-state index in [-0.39, 0.29) is 24.3 Å². The van der Waals surface area contributed by atoms with Crippen LogP contribution in [0.15, 0.2) is 59.8 Å². The summed E-state index contributed by atoms with van der Waals surface area (Å²) >= 11 is 0. The zero-order chi connectivity index (χ0) is 39.4. The van der Waals surface area contributed by atoms with E-state index in [9.17, 15) is 27.0 Å². The van der Waals surface area contributed by atoms with Crippen LogP contribution in [0.5, 0.6) is 0 Å². The predicted octanol–water partition coefficient (Wildman–Crippen LogP) is 4.61. The Morgan fingerprint density at radius 1 is 0.895 bits per heavy atom. The second kappa shape index (κ2) is 15.2. The molecule has 0 radical (unpaired) electrons. The molecular weight excluding hydrogens is 760 g/mol. The van der Waals surface area contributed by atoms with Gasteiger partial charge in [-0.3, -0.25) is 24.6 Å². The largest absolute Gasteiger partial charge is 0.419 e. The van der Waals surface area contributed by atoms with Crippen LogP contribution < -0.4 is 25.3 Å². The van der Waals surface area contributed by atoms with Gasteiger partial charge in [0, 0.05) is 113 Å². The molecule has 10 rings (SSSR count). The smallest absolute Gasteiger partial charge is 0.371 e. The van der Waals surface area contributed by atoms with Crippen LogP contribution in [0.2, 0.25) is 0 Å². The summed E-state index contributed by atoms with van der Waals surface area (Å²) in [7, 11) is 0.573. The summed E-state index contributed by atoms with van der Waals surface area (Å²) in [6, 6.07) is 15.0. The van der Waals surface area contributed by atoms with Crippen molar-refractivity contribution in [1.29, 1.82) is 0 Å². The van der Waals surface area contributed by atoms with Crippen molar-refractivity contribution < 1.29 is 27.0 Å². The lowest BCUT2D eigenvalue weighted by molar-refractivity contribution is -0.138. The molecule has 3 amide bonds. The summed E-state index contributed by atoms with van der Waals surface area (Å²) in [5.74, 6) is 1.11. The van der Waals surface area contributed by atoms with Crippen LogP contribution in [0, 0.1) is 5.92 Å². The Balaban J connectivity index is 0.744. The van der Waals surface area contributed by atoms with Crippen molar-refractivity contribution in [3.05, 3.63) is 60.4 Å². The maximum absolute atomic E-state index is 13.6. The van der Waals surface area contributed by atoms with E-state index >= 15 is 0 Å². The van der Waals surface area contributed by atoms with Gasteiger partial charge in [0.05, 0.1) is 16.0 Å². The lowest BCUT2D eigenvalue weighted by Crippen LogP contribution is -2.69. The Morgan fingerprint density at radius 2 is 1.61 bits per heavy atom. The fourth-order valence-electron chi connectivity index (χ4n) is 9.09. The highest BCUT2D eigenvalue weighted by Crippen LogP contribution is 2.39. The molecule has 3 atom stereocenters. The van der Waals surface area contributed by atoms with Gasteiger partial charge in [0.25, 0.3) is 0 Å². The quantitative estimate of drug-likeness (QED) is 0.247. The first-order valence-corrected chi connectivity index (χ1v) is 20.8. The number of aryl methyl sites for hydroxylation is 1. The molecular formula is C39H46F3N11O3S. The molecule has 6 fully saturated rings. The molecule has 0 aliphatic carbocycles. The summed E-state index contributed by atoms with van der Waals surface area (Å²) in [5.41, 5.74) is 2.33. The minimum absolute atomic E-state index is 0.0120. The molecule has 14 nitrogen and oxygen atoms in total. The van der Waals surface area contributed by atoms with Crippen molar-refractivity contribution in [2.45, 2.75) is 67.7 Å². The number of aromatic nitrogens is 4. The number of piperazine rings is 1. The SMILES string of the molecule is Cn1nc(N2CCC(=O)NC2=O)c2ccc(N3CC4CC(C3)N4CC3CCN(c4cccc(S(=O)N5CCC(Nc6ncc(C(F)(F)F)cn6)CC5)c4)CC3)cc21. The third-order valence-electron chi connectivity index (χ3n) is 12.3. The van der Waals surface area contributed by atoms with Crippen LogP contribution in [0.4, 0.5) is 41.1 Å². The van der Waals surface area contributed by atoms with Crippen LogP contribution >= 0.6 is 0 Å². The fourth-order valence-corrected chi connectivity index (χ4v) is 10.3. The van der Waals surface area contributed by atoms with Gasteiger partial charge in [-0.25, -0.2) is 23.3 Å². The van der Waals surface area contributed by atoms with E-state index in [0.717, 1.165) is 85.1 Å². The molecule has 6 aliphatic heterocycles. The number of rotatable bonds is 9. The highest BCUT2D eigenvalue weighted by molar-refractivity contribution is 7.82. The standard InChI is InChI=1S/C39H46F3N11O3S/c1-48-34-19-29(5-6-33(34)36(47-48)52-16-11-35(54)46-38(52)55)50-23-30-17-31(24-50)53(30)22-25-7-12-49(13-8-25)28-3-2-4-32(18-28)57(56)51-14-9-27(10-15-51)45-37-43-20-26(21-44-37)39(40,41)42/h2-6,18-21,25,27,30-31H,7-17,22-24H2,1H3,(H,43,44,45)(H,46,54,55). The molecule has 2 N–H and O–H groups in total. The molecule has 6 aliphatic rings. The first kappa shape index (κ1) is 37.7. The molecule has 6 saturated heterocycles. The number of urea groups is 1. The Labute approximate surface area is 331 Å². The van der Waals surface area contributed by atoms with Gasteiger partial charge in [-0.15, -0.1) is 0 Å². The normalized spacial score (nSPS) is 23.5. The van der Waals surface area contributed by atoms with E-state index < -0.39 is 28.8 Å².